The smallest absolute Gasteiger partial charge is 0.125 e. The summed E-state index contributed by atoms with van der Waals surface area (Å²) in [4.78, 5) is 2.54. The third-order valence-corrected chi connectivity index (χ3v) is 6.95. The van der Waals surface area contributed by atoms with Crippen molar-refractivity contribution in [2.75, 3.05) is 26.3 Å². The van der Waals surface area contributed by atoms with Crippen molar-refractivity contribution in [3.8, 4) is 28.1 Å². The van der Waals surface area contributed by atoms with Crippen LogP contribution in [0.25, 0.3) is 33.3 Å². The summed E-state index contributed by atoms with van der Waals surface area (Å²) in [5.41, 5.74) is 5.36. The summed E-state index contributed by atoms with van der Waals surface area (Å²) in [6.45, 7) is 3.83. The highest BCUT2D eigenvalue weighted by Crippen LogP contribution is 2.35. The first-order valence-electron chi connectivity index (χ1n) is 11.6. The van der Waals surface area contributed by atoms with Crippen molar-refractivity contribution in [3.05, 3.63) is 60.4 Å². The molecule has 176 valence electrons. The average Bonchev–Trinajstić information content (AvgIpc) is 3.18. The highest BCUT2D eigenvalue weighted by atomic mass is 35.5. The van der Waals surface area contributed by atoms with Gasteiger partial charge in [-0.25, -0.2) is 0 Å². The molecule has 2 fully saturated rings. The molecule has 0 radical (unpaired) electrons. The van der Waals surface area contributed by atoms with Gasteiger partial charge in [0.2, 0.25) is 0 Å². The van der Waals surface area contributed by atoms with Gasteiger partial charge in [0.1, 0.15) is 5.75 Å². The second-order valence-corrected chi connectivity index (χ2v) is 9.15. The molecule has 4 heterocycles. The maximum atomic E-state index is 10.7. The molecular weight excluding hydrogens is 450 g/mol. The minimum Gasteiger partial charge on any atom is -0.507 e. The van der Waals surface area contributed by atoms with Gasteiger partial charge in [-0.1, -0.05) is 12.1 Å². The average molecular weight is 478 g/mol. The molecule has 2 saturated heterocycles. The quantitative estimate of drug-likeness (QED) is 0.469. The predicted molar refractivity (Wildman–Crippen MR) is 134 cm³/mol. The summed E-state index contributed by atoms with van der Waals surface area (Å²) in [5, 5.41) is 25.2. The van der Waals surface area contributed by atoms with Crippen LogP contribution in [0.3, 0.4) is 0 Å². The van der Waals surface area contributed by atoms with E-state index in [1.165, 1.54) is 0 Å². The molecule has 0 atom stereocenters. The SMILES string of the molecule is Cl.Cn1cc2cc(-c3ccc(-c4ccc(C5CN(C6CCOCC6)C5)nn4)c(O)c3)ccc2n1. The molecule has 2 aromatic heterocycles. The fourth-order valence-corrected chi connectivity index (χ4v) is 5.01. The summed E-state index contributed by atoms with van der Waals surface area (Å²) in [6.07, 6.45) is 4.25. The topological polar surface area (TPSA) is 76.3 Å². The third kappa shape index (κ3) is 4.27. The van der Waals surface area contributed by atoms with Crippen LogP contribution in [-0.4, -0.2) is 62.3 Å². The number of phenols is 1. The van der Waals surface area contributed by atoms with Gasteiger partial charge >= 0.3 is 0 Å². The Morgan fingerprint density at radius 1 is 0.941 bits per heavy atom. The minimum absolute atomic E-state index is 0. The van der Waals surface area contributed by atoms with Gasteiger partial charge in [0.25, 0.3) is 0 Å². The van der Waals surface area contributed by atoms with E-state index >= 15 is 0 Å². The van der Waals surface area contributed by atoms with E-state index < -0.39 is 0 Å². The molecule has 4 aromatic rings. The van der Waals surface area contributed by atoms with E-state index in [-0.39, 0.29) is 18.2 Å². The first kappa shape index (κ1) is 22.8. The predicted octanol–water partition coefficient (Wildman–Crippen LogP) is 4.40. The van der Waals surface area contributed by atoms with Gasteiger partial charge in [-0.3, -0.25) is 9.58 Å². The fraction of sp³-hybridized carbons (Fsp3) is 0.346. The zero-order valence-electron chi connectivity index (χ0n) is 19.1. The molecule has 0 saturated carbocycles. The molecule has 8 heteroatoms. The van der Waals surface area contributed by atoms with Gasteiger partial charge in [-0.05, 0) is 60.4 Å². The van der Waals surface area contributed by atoms with Crippen LogP contribution < -0.4 is 0 Å². The van der Waals surface area contributed by atoms with Crippen LogP contribution in [0.1, 0.15) is 24.5 Å². The Bertz CT molecular complexity index is 1290. The molecule has 0 aliphatic carbocycles. The molecule has 2 aliphatic rings. The standard InChI is InChI=1S/C26H27N5O2.ClH/c1-30-14-19-12-17(3-5-24(19)29-30)18-2-4-22(26(32)13-18)25-7-6-23(27-28-25)20-15-31(16-20)21-8-10-33-11-9-21;/h2-7,12-14,20-21,32H,8-11,15-16H2,1H3;1H. The Morgan fingerprint density at radius 2 is 1.71 bits per heavy atom. The lowest BCUT2D eigenvalue weighted by atomic mass is 9.91. The number of phenolic OH excluding ortho intramolecular Hbond substituents is 1. The summed E-state index contributed by atoms with van der Waals surface area (Å²) >= 11 is 0. The number of rotatable bonds is 4. The van der Waals surface area contributed by atoms with Crippen molar-refractivity contribution in [2.45, 2.75) is 24.8 Å². The molecule has 34 heavy (non-hydrogen) atoms. The molecular formula is C26H28ClN5O2. The van der Waals surface area contributed by atoms with Crippen molar-refractivity contribution in [3.63, 3.8) is 0 Å². The largest absolute Gasteiger partial charge is 0.507 e. The number of hydrogen-bond acceptors (Lipinski definition) is 6. The summed E-state index contributed by atoms with van der Waals surface area (Å²) in [7, 11) is 1.92. The van der Waals surface area contributed by atoms with Crippen molar-refractivity contribution in [2.24, 2.45) is 7.05 Å². The maximum absolute atomic E-state index is 10.7. The van der Waals surface area contributed by atoms with E-state index in [4.69, 9.17) is 4.74 Å². The van der Waals surface area contributed by atoms with Crippen molar-refractivity contribution < 1.29 is 9.84 Å². The molecule has 0 spiro atoms. The lowest BCUT2D eigenvalue weighted by Gasteiger charge is -2.45. The number of halogens is 1. The minimum atomic E-state index is 0. The monoisotopic (exact) mass is 477 g/mol. The number of benzene rings is 2. The van der Waals surface area contributed by atoms with Crippen LogP contribution in [0.2, 0.25) is 0 Å². The molecule has 2 aromatic carbocycles. The van der Waals surface area contributed by atoms with Crippen LogP contribution in [0.15, 0.2) is 54.7 Å². The number of aromatic nitrogens is 4. The maximum Gasteiger partial charge on any atom is 0.125 e. The van der Waals surface area contributed by atoms with Gasteiger partial charge in [0.15, 0.2) is 0 Å². The van der Waals surface area contributed by atoms with E-state index in [0.29, 0.717) is 23.2 Å². The molecule has 2 aliphatic heterocycles. The van der Waals surface area contributed by atoms with Crippen LogP contribution in [0.4, 0.5) is 0 Å². The van der Waals surface area contributed by atoms with Crippen LogP contribution in [-0.2, 0) is 11.8 Å². The van der Waals surface area contributed by atoms with Gasteiger partial charge in [0.05, 0.1) is 16.9 Å². The van der Waals surface area contributed by atoms with E-state index in [1.54, 1.807) is 6.07 Å². The number of nitrogens with zero attached hydrogens (tertiary/aromatic N) is 5. The Labute approximate surface area is 204 Å². The molecule has 6 rings (SSSR count). The lowest BCUT2D eigenvalue weighted by molar-refractivity contribution is 0.000892. The van der Waals surface area contributed by atoms with Crippen LogP contribution in [0.5, 0.6) is 5.75 Å². The fourth-order valence-electron chi connectivity index (χ4n) is 5.01. The van der Waals surface area contributed by atoms with E-state index in [2.05, 4.69) is 32.3 Å². The summed E-state index contributed by atoms with van der Waals surface area (Å²) in [6, 6.07) is 16.5. The lowest BCUT2D eigenvalue weighted by Crippen LogP contribution is -2.52. The molecule has 0 amide bonds. The second-order valence-electron chi connectivity index (χ2n) is 9.15. The summed E-state index contributed by atoms with van der Waals surface area (Å²) < 4.78 is 7.28. The number of aryl methyl sites for hydroxylation is 1. The number of fused-ring (bicyclic) bond motifs is 1. The van der Waals surface area contributed by atoms with Crippen molar-refractivity contribution >= 4 is 23.3 Å². The summed E-state index contributed by atoms with van der Waals surface area (Å²) in [5.74, 6) is 0.642. The molecule has 0 unspecified atom stereocenters. The van der Waals surface area contributed by atoms with Crippen molar-refractivity contribution in [1.82, 2.24) is 24.9 Å². The van der Waals surface area contributed by atoms with Crippen molar-refractivity contribution in [1.29, 1.82) is 0 Å². The number of aromatic hydroxyl groups is 1. The zero-order chi connectivity index (χ0) is 22.4. The Morgan fingerprint density at radius 3 is 2.44 bits per heavy atom. The van der Waals surface area contributed by atoms with Gasteiger partial charge < -0.3 is 9.84 Å². The van der Waals surface area contributed by atoms with E-state index in [9.17, 15) is 5.11 Å². The van der Waals surface area contributed by atoms with E-state index in [0.717, 1.165) is 66.9 Å². The number of ether oxygens (including phenoxy) is 1. The molecule has 0 bridgehead atoms. The van der Waals surface area contributed by atoms with Gasteiger partial charge in [-0.15, -0.1) is 12.4 Å². The molecule has 1 N–H and O–H groups in total. The second kappa shape index (κ2) is 9.33. The Hall–Kier alpha value is -3.00. The first-order valence-corrected chi connectivity index (χ1v) is 11.6. The highest BCUT2D eigenvalue weighted by molar-refractivity contribution is 5.86. The molecule has 7 nitrogen and oxygen atoms in total. The number of hydrogen-bond donors (Lipinski definition) is 1. The third-order valence-electron chi connectivity index (χ3n) is 6.95. The van der Waals surface area contributed by atoms with E-state index in [1.807, 2.05) is 48.3 Å². The van der Waals surface area contributed by atoms with Crippen LogP contribution >= 0.6 is 12.4 Å². The normalized spacial score (nSPS) is 17.4. The first-order chi connectivity index (χ1) is 16.1. The van der Waals surface area contributed by atoms with Gasteiger partial charge in [0, 0.05) is 62.5 Å². The van der Waals surface area contributed by atoms with Crippen LogP contribution in [0, 0.1) is 0 Å². The Balaban J connectivity index is 0.00000241. The van der Waals surface area contributed by atoms with Gasteiger partial charge in [-0.2, -0.15) is 15.3 Å². The Kier molecular flexibility index (Phi) is 6.25. The zero-order valence-corrected chi connectivity index (χ0v) is 19.9. The highest BCUT2D eigenvalue weighted by Gasteiger charge is 2.34. The number of likely N-dealkylation sites (tertiary alicyclic amines) is 1.